The molecule has 0 heterocycles. The summed E-state index contributed by atoms with van der Waals surface area (Å²) in [5, 5.41) is -0.166. The average Bonchev–Trinajstić information content (AvgIpc) is 2.00. The predicted octanol–water partition coefficient (Wildman–Crippen LogP) is 3.71. The fraction of sp³-hybridized carbons (Fsp3) is 0.444. The maximum absolute atomic E-state index is 12.2. The van der Waals surface area contributed by atoms with E-state index >= 15 is 0 Å². The van der Waals surface area contributed by atoms with Crippen LogP contribution in [0.5, 0.6) is 0 Å². The van der Waals surface area contributed by atoms with E-state index in [1.807, 2.05) is 6.92 Å². The number of nitrogens with zero attached hydrogens (tertiary/aromatic N) is 1. The summed E-state index contributed by atoms with van der Waals surface area (Å²) in [6.45, 7) is 5.36. The Morgan fingerprint density at radius 3 is 2.43 bits per heavy atom. The Kier molecular flexibility index (Phi) is 5.53. The Balaban J connectivity index is 4.67. The Morgan fingerprint density at radius 2 is 2.07 bits per heavy atom. The van der Waals surface area contributed by atoms with Gasteiger partial charge in [0.1, 0.15) is 0 Å². The van der Waals surface area contributed by atoms with Crippen LogP contribution in [0.2, 0.25) is 0 Å². The van der Waals surface area contributed by atoms with E-state index in [-0.39, 0.29) is 5.03 Å². The summed E-state index contributed by atoms with van der Waals surface area (Å²) < 4.78 is 36.7. The topological polar surface area (TPSA) is 12.4 Å². The van der Waals surface area contributed by atoms with Crippen LogP contribution in [0, 0.1) is 0 Å². The molecule has 1 nitrogen and oxygen atoms in total. The zero-order valence-electron chi connectivity index (χ0n) is 7.74. The fourth-order valence-corrected chi connectivity index (χ4v) is 0.771. The highest BCUT2D eigenvalue weighted by atomic mass is 35.5. The fourth-order valence-electron chi connectivity index (χ4n) is 0.653. The van der Waals surface area contributed by atoms with Crippen LogP contribution < -0.4 is 0 Å². The van der Waals surface area contributed by atoms with Gasteiger partial charge in [-0.15, -0.1) is 0 Å². The van der Waals surface area contributed by atoms with Crippen LogP contribution in [0.4, 0.5) is 13.2 Å². The van der Waals surface area contributed by atoms with Gasteiger partial charge in [0.2, 0.25) is 0 Å². The number of allylic oxidation sites excluding steroid dienone is 3. The summed E-state index contributed by atoms with van der Waals surface area (Å²) in [7, 11) is 0. The van der Waals surface area contributed by atoms with Gasteiger partial charge in [-0.3, -0.25) is 4.99 Å². The van der Waals surface area contributed by atoms with Gasteiger partial charge in [0.05, 0.1) is 5.57 Å². The molecule has 0 saturated carbocycles. The monoisotopic (exact) mass is 225 g/mol. The molecule has 0 aromatic heterocycles. The summed E-state index contributed by atoms with van der Waals surface area (Å²) in [5.41, 5.74) is -0.883. The summed E-state index contributed by atoms with van der Waals surface area (Å²) in [5.74, 6) is 0. The second kappa shape index (κ2) is 5.86. The first-order valence-corrected chi connectivity index (χ1v) is 4.39. The van der Waals surface area contributed by atoms with E-state index in [0.717, 1.165) is 12.3 Å². The van der Waals surface area contributed by atoms with Crippen LogP contribution in [0.3, 0.4) is 0 Å². The molecular formula is C9H11ClF3N. The van der Waals surface area contributed by atoms with Crippen molar-refractivity contribution in [3.63, 3.8) is 0 Å². The number of aliphatic imine (C=N–C) groups is 1. The van der Waals surface area contributed by atoms with E-state index in [1.54, 1.807) is 0 Å². The molecule has 0 amide bonds. The zero-order chi connectivity index (χ0) is 11.2. The maximum Gasteiger partial charge on any atom is 0.417 e. The van der Waals surface area contributed by atoms with E-state index in [2.05, 4.69) is 11.6 Å². The number of rotatable bonds is 4. The highest BCUT2D eigenvalue weighted by Crippen LogP contribution is 2.25. The molecule has 0 aromatic carbocycles. The normalized spacial score (nSPS) is 13.6. The Morgan fingerprint density at radius 1 is 1.50 bits per heavy atom. The third-order valence-electron chi connectivity index (χ3n) is 1.22. The van der Waals surface area contributed by atoms with Crippen molar-refractivity contribution in [3.8, 4) is 0 Å². The van der Waals surface area contributed by atoms with E-state index in [9.17, 15) is 13.2 Å². The summed E-state index contributed by atoms with van der Waals surface area (Å²) in [4.78, 5) is 3.60. The highest BCUT2D eigenvalue weighted by molar-refractivity contribution is 6.31. The van der Waals surface area contributed by atoms with E-state index in [4.69, 9.17) is 11.6 Å². The van der Waals surface area contributed by atoms with Gasteiger partial charge in [0.15, 0.2) is 0 Å². The molecule has 0 fully saturated rings. The standard InChI is InChI=1S/C9H11ClF3N/c1-3-4-14-6-8(5-7(2)10)9(11,12)13/h5-6H,2-4H2,1H3/b8-5+,14-6?. The van der Waals surface area contributed by atoms with Crippen molar-refractivity contribution in [1.82, 2.24) is 0 Å². The molecule has 0 atom stereocenters. The smallest absolute Gasteiger partial charge is 0.293 e. The average molecular weight is 226 g/mol. The Hall–Kier alpha value is -0.770. The maximum atomic E-state index is 12.2. The molecule has 0 N–H and O–H groups in total. The van der Waals surface area contributed by atoms with Gasteiger partial charge in [-0.05, 0) is 12.5 Å². The third-order valence-corrected chi connectivity index (χ3v) is 1.33. The first-order valence-electron chi connectivity index (χ1n) is 4.01. The molecule has 0 rings (SSSR count). The van der Waals surface area contributed by atoms with E-state index < -0.39 is 11.7 Å². The first kappa shape index (κ1) is 13.2. The molecule has 0 bridgehead atoms. The van der Waals surface area contributed by atoms with E-state index in [0.29, 0.717) is 13.0 Å². The lowest BCUT2D eigenvalue weighted by Crippen LogP contribution is -2.13. The second-order valence-electron chi connectivity index (χ2n) is 2.58. The van der Waals surface area contributed by atoms with E-state index in [1.165, 1.54) is 0 Å². The molecule has 80 valence electrons. The minimum atomic E-state index is -4.44. The minimum Gasteiger partial charge on any atom is -0.293 e. The van der Waals surface area contributed by atoms with Crippen LogP contribution in [0.25, 0.3) is 0 Å². The van der Waals surface area contributed by atoms with Gasteiger partial charge < -0.3 is 0 Å². The number of hydrogen-bond donors (Lipinski definition) is 0. The van der Waals surface area contributed by atoms with Crippen LogP contribution in [-0.2, 0) is 0 Å². The molecule has 0 aliphatic carbocycles. The van der Waals surface area contributed by atoms with Gasteiger partial charge in [-0.25, -0.2) is 0 Å². The molecule has 0 saturated heterocycles. The van der Waals surface area contributed by atoms with Gasteiger partial charge in [-0.1, -0.05) is 25.1 Å². The van der Waals surface area contributed by atoms with Crippen molar-refractivity contribution in [2.24, 2.45) is 4.99 Å². The van der Waals surface area contributed by atoms with Crippen molar-refractivity contribution in [2.45, 2.75) is 19.5 Å². The molecule has 0 unspecified atom stereocenters. The van der Waals surface area contributed by atoms with Gasteiger partial charge in [-0.2, -0.15) is 13.2 Å². The molecule has 0 radical (unpaired) electrons. The van der Waals surface area contributed by atoms with Crippen molar-refractivity contribution in [2.75, 3.05) is 6.54 Å². The van der Waals surface area contributed by atoms with Crippen molar-refractivity contribution in [3.05, 3.63) is 23.3 Å². The molecule has 0 aliphatic heterocycles. The van der Waals surface area contributed by atoms with Crippen molar-refractivity contribution >= 4 is 17.8 Å². The summed E-state index contributed by atoms with van der Waals surface area (Å²) in [6, 6.07) is 0. The number of hydrogen-bond acceptors (Lipinski definition) is 1. The zero-order valence-corrected chi connectivity index (χ0v) is 8.49. The lowest BCUT2D eigenvalue weighted by Gasteiger charge is -2.06. The van der Waals surface area contributed by atoms with Gasteiger partial charge in [0.25, 0.3) is 0 Å². The molecule has 0 aromatic rings. The molecular weight excluding hydrogens is 215 g/mol. The Labute approximate surface area is 86.0 Å². The van der Waals surface area contributed by atoms with Gasteiger partial charge in [0, 0.05) is 17.8 Å². The number of alkyl halides is 3. The molecule has 14 heavy (non-hydrogen) atoms. The van der Waals surface area contributed by atoms with Crippen molar-refractivity contribution in [1.29, 1.82) is 0 Å². The number of halogens is 4. The first-order chi connectivity index (χ1) is 6.38. The molecule has 5 heteroatoms. The molecule has 0 aliphatic rings. The minimum absolute atomic E-state index is 0.166. The lowest BCUT2D eigenvalue weighted by atomic mass is 10.2. The van der Waals surface area contributed by atoms with Crippen LogP contribution in [-0.4, -0.2) is 18.9 Å². The predicted molar refractivity (Wildman–Crippen MR) is 52.8 cm³/mol. The third kappa shape index (κ3) is 5.80. The van der Waals surface area contributed by atoms with Crippen molar-refractivity contribution < 1.29 is 13.2 Å². The SMILES string of the molecule is C=C(Cl)/C=C(\C=NCCC)C(F)(F)F. The summed E-state index contributed by atoms with van der Waals surface area (Å²) in [6.07, 6.45) is -2.21. The second-order valence-corrected chi connectivity index (χ2v) is 3.07. The van der Waals surface area contributed by atoms with Crippen LogP contribution >= 0.6 is 11.6 Å². The summed E-state index contributed by atoms with van der Waals surface area (Å²) >= 11 is 5.26. The quantitative estimate of drug-likeness (QED) is 0.511. The van der Waals surface area contributed by atoms with Crippen LogP contribution in [0.1, 0.15) is 13.3 Å². The van der Waals surface area contributed by atoms with Gasteiger partial charge >= 0.3 is 6.18 Å². The molecule has 0 spiro atoms. The highest BCUT2D eigenvalue weighted by Gasteiger charge is 2.32. The Bertz CT molecular complexity index is 253. The van der Waals surface area contributed by atoms with Crippen LogP contribution in [0.15, 0.2) is 28.3 Å². The largest absolute Gasteiger partial charge is 0.417 e. The lowest BCUT2D eigenvalue weighted by molar-refractivity contribution is -0.0856.